The molecule has 0 aliphatic rings. The second-order valence-corrected chi connectivity index (χ2v) is 4.99. The summed E-state index contributed by atoms with van der Waals surface area (Å²) in [6, 6.07) is 25.5. The van der Waals surface area contributed by atoms with Crippen LogP contribution in [0.4, 0.5) is 11.4 Å². The molecule has 3 aromatic carbocycles. The van der Waals surface area contributed by atoms with Crippen LogP contribution in [0.2, 0.25) is 0 Å². The monoisotopic (exact) mass is 276 g/mol. The normalized spacial score (nSPS) is 13.1. The molecular formula is C20H19N. The Morgan fingerprint density at radius 2 is 1.43 bits per heavy atom. The summed E-state index contributed by atoms with van der Waals surface area (Å²) in [5.74, 6) is 0. The van der Waals surface area contributed by atoms with Gasteiger partial charge in [-0.2, -0.15) is 0 Å². The van der Waals surface area contributed by atoms with E-state index in [0.29, 0.717) is 5.56 Å². The summed E-state index contributed by atoms with van der Waals surface area (Å²) in [7, 11) is 1.99. The molecule has 0 unspecified atom stereocenters. The summed E-state index contributed by atoms with van der Waals surface area (Å²) in [6.45, 7) is -2.07. The molecule has 0 saturated heterocycles. The van der Waals surface area contributed by atoms with E-state index in [2.05, 4.69) is 29.2 Å². The van der Waals surface area contributed by atoms with E-state index in [4.69, 9.17) is 4.11 Å². The minimum absolute atomic E-state index is 0.357. The molecule has 0 saturated carbocycles. The number of benzene rings is 3. The van der Waals surface area contributed by atoms with Crippen molar-refractivity contribution in [3.63, 3.8) is 0 Å². The van der Waals surface area contributed by atoms with Crippen molar-refractivity contribution in [2.75, 3.05) is 11.9 Å². The third-order valence-electron chi connectivity index (χ3n) is 3.60. The van der Waals surface area contributed by atoms with Crippen molar-refractivity contribution in [1.82, 2.24) is 0 Å². The lowest BCUT2D eigenvalue weighted by Crippen LogP contribution is -2.10. The fraction of sp³-hybridized carbons (Fsp3) is 0.100. The lowest BCUT2D eigenvalue weighted by Gasteiger charge is -2.23. The lowest BCUT2D eigenvalue weighted by molar-refractivity contribution is 1.21. The van der Waals surface area contributed by atoms with Crippen LogP contribution in [0.25, 0.3) is 11.1 Å². The van der Waals surface area contributed by atoms with Crippen LogP contribution in [0.15, 0.2) is 78.9 Å². The molecule has 21 heavy (non-hydrogen) atoms. The Hall–Kier alpha value is -2.54. The number of anilines is 2. The summed E-state index contributed by atoms with van der Waals surface area (Å²) in [5.41, 5.74) is 4.67. The highest BCUT2D eigenvalue weighted by Crippen LogP contribution is 2.33. The van der Waals surface area contributed by atoms with Gasteiger partial charge in [-0.3, -0.25) is 0 Å². The van der Waals surface area contributed by atoms with E-state index in [9.17, 15) is 0 Å². The maximum absolute atomic E-state index is 7.48. The van der Waals surface area contributed by atoms with Crippen molar-refractivity contribution < 1.29 is 4.11 Å². The van der Waals surface area contributed by atoms with Gasteiger partial charge in [0.25, 0.3) is 0 Å². The van der Waals surface area contributed by atoms with E-state index in [1.165, 1.54) is 0 Å². The van der Waals surface area contributed by atoms with Gasteiger partial charge in [-0.15, -0.1) is 0 Å². The maximum atomic E-state index is 7.48. The number of hydrogen-bond donors (Lipinski definition) is 0. The van der Waals surface area contributed by atoms with Gasteiger partial charge in [-0.25, -0.2) is 0 Å². The topological polar surface area (TPSA) is 3.24 Å². The minimum Gasteiger partial charge on any atom is -0.344 e. The van der Waals surface area contributed by atoms with Gasteiger partial charge in [0.05, 0.1) is 0 Å². The van der Waals surface area contributed by atoms with E-state index >= 15 is 0 Å². The molecule has 0 bridgehead atoms. The molecule has 1 heteroatoms. The molecule has 0 atom stereocenters. The molecule has 0 spiro atoms. The van der Waals surface area contributed by atoms with E-state index in [1.807, 2.05) is 49.5 Å². The first kappa shape index (κ1) is 10.2. The fourth-order valence-corrected chi connectivity index (χ4v) is 2.45. The van der Waals surface area contributed by atoms with Crippen LogP contribution in [0.5, 0.6) is 0 Å². The standard InChI is InChI=1S/C20H19N/c1-16-12-14-18(15-13-16)21(2)20-11-7-6-10-19(20)17-8-4-3-5-9-17/h3-15H,1-2H3/i1D3. The van der Waals surface area contributed by atoms with Crippen molar-refractivity contribution >= 4 is 11.4 Å². The molecule has 0 aliphatic carbocycles. The first-order valence-corrected chi connectivity index (χ1v) is 6.95. The van der Waals surface area contributed by atoms with Gasteiger partial charge in [-0.1, -0.05) is 66.2 Å². The molecule has 1 nitrogen and oxygen atoms in total. The summed E-state index contributed by atoms with van der Waals surface area (Å²) >= 11 is 0. The first-order chi connectivity index (χ1) is 11.5. The molecule has 0 radical (unpaired) electrons. The van der Waals surface area contributed by atoms with Crippen molar-refractivity contribution in [1.29, 1.82) is 0 Å². The predicted molar refractivity (Wildman–Crippen MR) is 91.1 cm³/mol. The van der Waals surface area contributed by atoms with E-state index in [1.54, 1.807) is 12.1 Å². The van der Waals surface area contributed by atoms with Gasteiger partial charge in [0, 0.05) is 28.1 Å². The second kappa shape index (κ2) is 5.84. The van der Waals surface area contributed by atoms with Crippen LogP contribution < -0.4 is 4.90 Å². The van der Waals surface area contributed by atoms with E-state index in [-0.39, 0.29) is 0 Å². The van der Waals surface area contributed by atoms with Crippen LogP contribution in [-0.2, 0) is 0 Å². The number of aryl methyl sites for hydroxylation is 1. The quantitative estimate of drug-likeness (QED) is 0.616. The Kier molecular flexibility index (Phi) is 2.84. The van der Waals surface area contributed by atoms with Gasteiger partial charge in [-0.05, 0) is 30.6 Å². The van der Waals surface area contributed by atoms with E-state index < -0.39 is 6.85 Å². The number of hydrogen-bond acceptors (Lipinski definition) is 1. The van der Waals surface area contributed by atoms with Gasteiger partial charge in [0.2, 0.25) is 0 Å². The average Bonchev–Trinajstić information content (AvgIpc) is 2.61. The average molecular weight is 276 g/mol. The second-order valence-electron chi connectivity index (χ2n) is 4.99. The zero-order valence-electron chi connectivity index (χ0n) is 15.0. The van der Waals surface area contributed by atoms with Gasteiger partial charge >= 0.3 is 0 Å². The van der Waals surface area contributed by atoms with E-state index in [0.717, 1.165) is 22.5 Å². The van der Waals surface area contributed by atoms with Crippen LogP contribution in [0, 0.1) is 6.85 Å². The number of nitrogens with zero attached hydrogens (tertiary/aromatic N) is 1. The zero-order chi connectivity index (χ0) is 17.2. The molecular weight excluding hydrogens is 254 g/mol. The van der Waals surface area contributed by atoms with Crippen molar-refractivity contribution in [3.05, 3.63) is 84.4 Å². The van der Waals surface area contributed by atoms with Gasteiger partial charge in [0.15, 0.2) is 0 Å². The summed E-state index contributed by atoms with van der Waals surface area (Å²) in [4.78, 5) is 2.08. The molecule has 3 rings (SSSR count). The molecule has 104 valence electrons. The highest BCUT2D eigenvalue weighted by atomic mass is 15.1. The lowest BCUT2D eigenvalue weighted by atomic mass is 10.0. The van der Waals surface area contributed by atoms with Gasteiger partial charge in [0.1, 0.15) is 0 Å². The SMILES string of the molecule is [2H]C([2H])([2H])c1ccc(N(C)c2ccccc2-c2ccccc2)cc1. The maximum Gasteiger partial charge on any atom is 0.0487 e. The number of para-hydroxylation sites is 1. The Balaban J connectivity index is 1.98. The molecule has 0 aromatic heterocycles. The molecule has 0 heterocycles. The first-order valence-electron chi connectivity index (χ1n) is 8.45. The molecule has 0 amide bonds. The summed E-state index contributed by atoms with van der Waals surface area (Å²) < 4.78 is 22.4. The molecule has 0 fully saturated rings. The third-order valence-corrected chi connectivity index (χ3v) is 3.60. The fourth-order valence-electron chi connectivity index (χ4n) is 2.45. The molecule has 3 aromatic rings. The van der Waals surface area contributed by atoms with Gasteiger partial charge < -0.3 is 4.90 Å². The zero-order valence-corrected chi connectivity index (χ0v) is 12.0. The van der Waals surface area contributed by atoms with Crippen LogP contribution in [0.3, 0.4) is 0 Å². The highest BCUT2D eigenvalue weighted by molar-refractivity contribution is 5.82. The van der Waals surface area contributed by atoms with Crippen LogP contribution in [0.1, 0.15) is 9.68 Å². The van der Waals surface area contributed by atoms with Crippen molar-refractivity contribution in [2.24, 2.45) is 0 Å². The molecule has 0 N–H and O–H groups in total. The van der Waals surface area contributed by atoms with Crippen LogP contribution in [-0.4, -0.2) is 7.05 Å². The Bertz CT molecular complexity index is 808. The van der Waals surface area contributed by atoms with Crippen molar-refractivity contribution in [2.45, 2.75) is 6.85 Å². The summed E-state index contributed by atoms with van der Waals surface area (Å²) in [6.07, 6.45) is 0. The Morgan fingerprint density at radius 1 is 0.762 bits per heavy atom. The van der Waals surface area contributed by atoms with Crippen molar-refractivity contribution in [3.8, 4) is 11.1 Å². The Labute approximate surface area is 130 Å². The summed E-state index contributed by atoms with van der Waals surface area (Å²) in [5, 5.41) is 0. The Morgan fingerprint density at radius 3 is 2.14 bits per heavy atom. The van der Waals surface area contributed by atoms with Crippen LogP contribution >= 0.6 is 0 Å². The third kappa shape index (κ3) is 2.82. The minimum atomic E-state index is -2.07. The highest BCUT2D eigenvalue weighted by Gasteiger charge is 2.09. The molecule has 0 aliphatic heterocycles. The predicted octanol–water partition coefficient (Wildman–Crippen LogP) is 5.43. The number of rotatable bonds is 3. The smallest absolute Gasteiger partial charge is 0.0487 e. The largest absolute Gasteiger partial charge is 0.344 e.